The van der Waals surface area contributed by atoms with Crippen molar-refractivity contribution in [3.05, 3.63) is 28.8 Å². The molecule has 17 heavy (non-hydrogen) atoms. The van der Waals surface area contributed by atoms with Gasteiger partial charge in [-0.2, -0.15) is 5.26 Å². The van der Waals surface area contributed by atoms with Crippen LogP contribution in [0.25, 0.3) is 0 Å². The minimum Gasteiger partial charge on any atom is -0.381 e. The summed E-state index contributed by atoms with van der Waals surface area (Å²) in [5.41, 5.74) is 0.904. The minimum atomic E-state index is -0.185. The summed E-state index contributed by atoms with van der Waals surface area (Å²) in [6.07, 6.45) is 0.265. The summed E-state index contributed by atoms with van der Waals surface area (Å²) in [6, 6.07) is 6.71. The van der Waals surface area contributed by atoms with Crippen LogP contribution in [0, 0.1) is 11.3 Å². The molecule has 4 nitrogen and oxygen atoms in total. The van der Waals surface area contributed by atoms with Gasteiger partial charge < -0.3 is 10.1 Å². The Hall–Kier alpha value is -1.57. The second-order valence-electron chi connectivity index (χ2n) is 3.30. The van der Waals surface area contributed by atoms with Crippen LogP contribution >= 0.6 is 11.6 Å². The standard InChI is InChI=1S/C12H13ClN2O2/c1-2-17-6-5-12(16)15-11-7-9(8-14)3-4-10(11)13/h3-4,7H,2,5-6H2,1H3,(H,15,16). The molecule has 5 heteroatoms. The van der Waals surface area contributed by atoms with Gasteiger partial charge in [0, 0.05) is 6.61 Å². The molecule has 0 aliphatic carbocycles. The second-order valence-corrected chi connectivity index (χ2v) is 3.71. The first-order chi connectivity index (χ1) is 8.17. The molecule has 0 unspecified atom stereocenters. The van der Waals surface area contributed by atoms with Gasteiger partial charge in [-0.15, -0.1) is 0 Å². The van der Waals surface area contributed by atoms with E-state index < -0.39 is 0 Å². The molecule has 0 saturated heterocycles. The van der Waals surface area contributed by atoms with E-state index >= 15 is 0 Å². The quantitative estimate of drug-likeness (QED) is 0.820. The SMILES string of the molecule is CCOCCC(=O)Nc1cc(C#N)ccc1Cl. The van der Waals surface area contributed by atoms with E-state index in [0.29, 0.717) is 29.5 Å². The van der Waals surface area contributed by atoms with Crippen molar-refractivity contribution in [1.29, 1.82) is 5.26 Å². The zero-order valence-electron chi connectivity index (χ0n) is 9.50. The van der Waals surface area contributed by atoms with Crippen molar-refractivity contribution >= 4 is 23.2 Å². The van der Waals surface area contributed by atoms with Crippen LogP contribution in [-0.2, 0) is 9.53 Å². The van der Waals surface area contributed by atoms with Crippen LogP contribution in [0.4, 0.5) is 5.69 Å². The number of nitrogens with zero attached hydrogens (tertiary/aromatic N) is 1. The van der Waals surface area contributed by atoms with Crippen LogP contribution in [0.5, 0.6) is 0 Å². The van der Waals surface area contributed by atoms with Crippen molar-refractivity contribution in [2.45, 2.75) is 13.3 Å². The molecule has 1 N–H and O–H groups in total. The number of hydrogen-bond donors (Lipinski definition) is 1. The van der Waals surface area contributed by atoms with E-state index in [0.717, 1.165) is 0 Å². The van der Waals surface area contributed by atoms with Crippen molar-refractivity contribution < 1.29 is 9.53 Å². The zero-order valence-corrected chi connectivity index (χ0v) is 10.3. The van der Waals surface area contributed by atoms with Crippen LogP contribution in [0.15, 0.2) is 18.2 Å². The van der Waals surface area contributed by atoms with E-state index in [1.54, 1.807) is 18.2 Å². The normalized spacial score (nSPS) is 9.71. The molecule has 0 bridgehead atoms. The predicted octanol–water partition coefficient (Wildman–Crippen LogP) is 2.58. The van der Waals surface area contributed by atoms with Gasteiger partial charge in [0.25, 0.3) is 0 Å². The van der Waals surface area contributed by atoms with Gasteiger partial charge in [0.05, 0.1) is 35.4 Å². The Balaban J connectivity index is 2.61. The molecule has 0 fully saturated rings. The number of hydrogen-bond acceptors (Lipinski definition) is 3. The highest BCUT2D eigenvalue weighted by Crippen LogP contribution is 2.22. The Bertz CT molecular complexity index is 441. The summed E-state index contributed by atoms with van der Waals surface area (Å²) in [5.74, 6) is -0.185. The van der Waals surface area contributed by atoms with Gasteiger partial charge in [0.1, 0.15) is 0 Å². The van der Waals surface area contributed by atoms with Crippen molar-refractivity contribution in [2.75, 3.05) is 18.5 Å². The third-order valence-electron chi connectivity index (χ3n) is 2.05. The molecule has 0 aromatic heterocycles. The van der Waals surface area contributed by atoms with E-state index in [1.165, 1.54) is 0 Å². The molecule has 0 heterocycles. The average Bonchev–Trinajstić information content (AvgIpc) is 2.32. The van der Waals surface area contributed by atoms with E-state index in [1.807, 2.05) is 13.0 Å². The predicted molar refractivity (Wildman–Crippen MR) is 65.9 cm³/mol. The second kappa shape index (κ2) is 6.89. The van der Waals surface area contributed by atoms with Crippen molar-refractivity contribution in [1.82, 2.24) is 0 Å². The molecule has 1 amide bonds. The molecular formula is C12H13ClN2O2. The van der Waals surface area contributed by atoms with Gasteiger partial charge in [-0.3, -0.25) is 4.79 Å². The van der Waals surface area contributed by atoms with E-state index in [4.69, 9.17) is 21.6 Å². The number of anilines is 1. The summed E-state index contributed by atoms with van der Waals surface area (Å²) in [4.78, 5) is 11.5. The van der Waals surface area contributed by atoms with Gasteiger partial charge in [-0.1, -0.05) is 11.6 Å². The molecule has 0 spiro atoms. The zero-order chi connectivity index (χ0) is 12.7. The number of halogens is 1. The number of nitrogens with one attached hydrogen (secondary N) is 1. The van der Waals surface area contributed by atoms with Crippen molar-refractivity contribution in [3.8, 4) is 6.07 Å². The van der Waals surface area contributed by atoms with Crippen LogP contribution in [0.2, 0.25) is 5.02 Å². The molecule has 1 rings (SSSR count). The molecule has 0 atom stereocenters. The topological polar surface area (TPSA) is 62.1 Å². The number of nitriles is 1. The third-order valence-corrected chi connectivity index (χ3v) is 2.38. The Morgan fingerprint density at radius 2 is 2.35 bits per heavy atom. The first kappa shape index (κ1) is 13.5. The number of benzene rings is 1. The van der Waals surface area contributed by atoms with Crippen LogP contribution in [0.3, 0.4) is 0 Å². The van der Waals surface area contributed by atoms with Crippen molar-refractivity contribution in [2.24, 2.45) is 0 Å². The lowest BCUT2D eigenvalue weighted by atomic mass is 10.2. The van der Waals surface area contributed by atoms with Gasteiger partial charge in [0.2, 0.25) is 5.91 Å². The lowest BCUT2D eigenvalue weighted by Crippen LogP contribution is -2.14. The summed E-state index contributed by atoms with van der Waals surface area (Å²) in [6.45, 7) is 2.82. The van der Waals surface area contributed by atoms with E-state index in [2.05, 4.69) is 5.32 Å². The monoisotopic (exact) mass is 252 g/mol. The fourth-order valence-corrected chi connectivity index (χ4v) is 1.38. The molecule has 0 radical (unpaired) electrons. The maximum atomic E-state index is 11.5. The molecule has 0 aliphatic heterocycles. The maximum Gasteiger partial charge on any atom is 0.226 e. The maximum absolute atomic E-state index is 11.5. The number of carbonyl (C=O) groups is 1. The highest BCUT2D eigenvalue weighted by Gasteiger charge is 2.06. The first-order valence-corrected chi connectivity index (χ1v) is 5.62. The Morgan fingerprint density at radius 1 is 1.59 bits per heavy atom. The third kappa shape index (κ3) is 4.43. The fraction of sp³-hybridized carbons (Fsp3) is 0.333. The Labute approximate surface area is 105 Å². The lowest BCUT2D eigenvalue weighted by molar-refractivity contribution is -0.117. The van der Waals surface area contributed by atoms with Gasteiger partial charge >= 0.3 is 0 Å². The van der Waals surface area contributed by atoms with Gasteiger partial charge in [-0.25, -0.2) is 0 Å². The van der Waals surface area contributed by atoms with Gasteiger partial charge in [-0.05, 0) is 25.1 Å². The first-order valence-electron chi connectivity index (χ1n) is 5.24. The summed E-state index contributed by atoms with van der Waals surface area (Å²) in [7, 11) is 0. The smallest absolute Gasteiger partial charge is 0.226 e. The van der Waals surface area contributed by atoms with Crippen molar-refractivity contribution in [3.63, 3.8) is 0 Å². The summed E-state index contributed by atoms with van der Waals surface area (Å²) in [5, 5.41) is 11.8. The molecule has 90 valence electrons. The fourth-order valence-electron chi connectivity index (χ4n) is 1.21. The Kier molecular flexibility index (Phi) is 5.47. The molecule has 0 saturated carbocycles. The van der Waals surface area contributed by atoms with Crippen LogP contribution in [0.1, 0.15) is 18.9 Å². The van der Waals surface area contributed by atoms with E-state index in [9.17, 15) is 4.79 Å². The van der Waals surface area contributed by atoms with E-state index in [-0.39, 0.29) is 12.3 Å². The molecule has 1 aromatic carbocycles. The number of carbonyl (C=O) groups excluding carboxylic acids is 1. The van der Waals surface area contributed by atoms with Crippen LogP contribution < -0.4 is 5.32 Å². The molecule has 1 aromatic rings. The summed E-state index contributed by atoms with van der Waals surface area (Å²) >= 11 is 5.90. The largest absolute Gasteiger partial charge is 0.381 e. The van der Waals surface area contributed by atoms with Gasteiger partial charge in [0.15, 0.2) is 0 Å². The minimum absolute atomic E-state index is 0.185. The highest BCUT2D eigenvalue weighted by atomic mass is 35.5. The number of amides is 1. The van der Waals surface area contributed by atoms with Crippen LogP contribution in [-0.4, -0.2) is 19.1 Å². The molecule has 0 aliphatic rings. The highest BCUT2D eigenvalue weighted by molar-refractivity contribution is 6.33. The number of rotatable bonds is 5. The summed E-state index contributed by atoms with van der Waals surface area (Å²) < 4.78 is 5.07. The Morgan fingerprint density at radius 3 is 3.00 bits per heavy atom. The lowest BCUT2D eigenvalue weighted by Gasteiger charge is -2.07. The molecular weight excluding hydrogens is 240 g/mol. The number of ether oxygens (including phenoxy) is 1. The average molecular weight is 253 g/mol.